The van der Waals surface area contributed by atoms with Crippen molar-refractivity contribution >= 4 is 34.2 Å². The molecule has 2 aromatic heterocycles. The van der Waals surface area contributed by atoms with E-state index in [0.29, 0.717) is 36.5 Å². The van der Waals surface area contributed by atoms with Gasteiger partial charge in [-0.1, -0.05) is 29.8 Å². The molecule has 0 radical (unpaired) electrons. The SMILES string of the molecule is O=C(O)c1ccc2nc(CN3CC=C(c4cccc(CCc5ccc(Cl)cc5F)n4)CC3)n(C[C@@H]3CCO3)c2c1. The van der Waals surface area contributed by atoms with Crippen LogP contribution in [0, 0.1) is 5.82 Å². The van der Waals surface area contributed by atoms with Crippen molar-refractivity contribution in [1.82, 2.24) is 19.4 Å². The Bertz CT molecular complexity index is 1600. The first-order valence-corrected chi connectivity index (χ1v) is 14.0. The van der Waals surface area contributed by atoms with E-state index < -0.39 is 5.97 Å². The van der Waals surface area contributed by atoms with Crippen molar-refractivity contribution in [1.29, 1.82) is 0 Å². The van der Waals surface area contributed by atoms with Crippen LogP contribution in [0.2, 0.25) is 5.02 Å². The summed E-state index contributed by atoms with van der Waals surface area (Å²) in [5.74, 6) is -0.311. The minimum absolute atomic E-state index is 0.132. The van der Waals surface area contributed by atoms with Crippen molar-refractivity contribution in [2.24, 2.45) is 0 Å². The zero-order valence-corrected chi connectivity index (χ0v) is 22.8. The van der Waals surface area contributed by atoms with Crippen LogP contribution in [-0.2, 0) is 30.7 Å². The second kappa shape index (κ2) is 11.5. The molecule has 2 aliphatic heterocycles. The molecule has 4 aromatic rings. The first-order valence-electron chi connectivity index (χ1n) is 13.6. The molecule has 6 rings (SSSR count). The van der Waals surface area contributed by atoms with E-state index in [1.165, 1.54) is 11.6 Å². The number of nitrogens with zero attached hydrogens (tertiary/aromatic N) is 4. The zero-order valence-electron chi connectivity index (χ0n) is 22.0. The van der Waals surface area contributed by atoms with Crippen LogP contribution in [0.4, 0.5) is 4.39 Å². The third-order valence-corrected chi connectivity index (χ3v) is 7.95. The van der Waals surface area contributed by atoms with E-state index in [1.807, 2.05) is 18.2 Å². The number of carboxylic acid groups (broad SMARTS) is 1. The van der Waals surface area contributed by atoms with Gasteiger partial charge in [-0.05, 0) is 79.3 Å². The quantitative estimate of drug-likeness (QED) is 0.279. The predicted molar refractivity (Wildman–Crippen MR) is 152 cm³/mol. The summed E-state index contributed by atoms with van der Waals surface area (Å²) in [7, 11) is 0. The summed E-state index contributed by atoms with van der Waals surface area (Å²) in [5.41, 5.74) is 5.63. The molecule has 2 aromatic carbocycles. The molecular formula is C31H30ClFN4O3. The van der Waals surface area contributed by atoms with Gasteiger partial charge in [-0.3, -0.25) is 9.88 Å². The van der Waals surface area contributed by atoms with Gasteiger partial charge in [-0.15, -0.1) is 0 Å². The average Bonchev–Trinajstić information content (AvgIpc) is 3.26. The summed E-state index contributed by atoms with van der Waals surface area (Å²) in [6.07, 6.45) is 5.42. The van der Waals surface area contributed by atoms with Crippen molar-refractivity contribution < 1.29 is 19.0 Å². The Morgan fingerprint density at radius 2 is 2.00 bits per heavy atom. The predicted octanol–water partition coefficient (Wildman–Crippen LogP) is 5.79. The maximum atomic E-state index is 14.2. The molecule has 0 saturated carbocycles. The maximum absolute atomic E-state index is 14.2. The molecule has 0 unspecified atom stereocenters. The van der Waals surface area contributed by atoms with Gasteiger partial charge < -0.3 is 14.4 Å². The minimum atomic E-state index is -0.945. The smallest absolute Gasteiger partial charge is 0.335 e. The van der Waals surface area contributed by atoms with Gasteiger partial charge in [0.05, 0.1) is 41.5 Å². The van der Waals surface area contributed by atoms with Gasteiger partial charge in [0.25, 0.3) is 0 Å². The Morgan fingerprint density at radius 3 is 2.73 bits per heavy atom. The number of hydrogen-bond donors (Lipinski definition) is 1. The topological polar surface area (TPSA) is 80.5 Å². The second-order valence-electron chi connectivity index (χ2n) is 10.4. The molecule has 0 spiro atoms. The van der Waals surface area contributed by atoms with Crippen LogP contribution in [0.3, 0.4) is 0 Å². The summed E-state index contributed by atoms with van der Waals surface area (Å²) < 4.78 is 22.0. The van der Waals surface area contributed by atoms with Gasteiger partial charge in [0.1, 0.15) is 11.6 Å². The number of benzene rings is 2. The van der Waals surface area contributed by atoms with Crippen molar-refractivity contribution in [3.05, 3.63) is 99.9 Å². The fraction of sp³-hybridized carbons (Fsp3) is 0.323. The average molecular weight is 561 g/mol. The van der Waals surface area contributed by atoms with E-state index in [9.17, 15) is 14.3 Å². The number of ether oxygens (including phenoxy) is 1. The number of pyridine rings is 1. The Morgan fingerprint density at radius 1 is 1.12 bits per heavy atom. The number of carbonyl (C=O) groups is 1. The highest BCUT2D eigenvalue weighted by Crippen LogP contribution is 2.26. The van der Waals surface area contributed by atoms with Crippen LogP contribution in [0.15, 0.2) is 60.7 Å². The molecule has 7 nitrogen and oxygen atoms in total. The van der Waals surface area contributed by atoms with Gasteiger partial charge in [-0.25, -0.2) is 14.2 Å². The largest absolute Gasteiger partial charge is 0.478 e. The van der Waals surface area contributed by atoms with E-state index in [1.54, 1.807) is 30.3 Å². The Hall–Kier alpha value is -3.59. The van der Waals surface area contributed by atoms with Gasteiger partial charge in [-0.2, -0.15) is 0 Å². The highest BCUT2D eigenvalue weighted by atomic mass is 35.5. The van der Waals surface area contributed by atoms with Crippen LogP contribution in [0.25, 0.3) is 16.6 Å². The summed E-state index contributed by atoms with van der Waals surface area (Å²) in [5, 5.41) is 9.89. The molecule has 1 fully saturated rings. The minimum Gasteiger partial charge on any atom is -0.478 e. The highest BCUT2D eigenvalue weighted by molar-refractivity contribution is 6.30. The van der Waals surface area contributed by atoms with Gasteiger partial charge >= 0.3 is 5.97 Å². The molecule has 0 amide bonds. The van der Waals surface area contributed by atoms with E-state index >= 15 is 0 Å². The highest BCUT2D eigenvalue weighted by Gasteiger charge is 2.24. The van der Waals surface area contributed by atoms with Crippen molar-refractivity contribution in [3.63, 3.8) is 0 Å². The number of fused-ring (bicyclic) bond motifs is 1. The summed E-state index contributed by atoms with van der Waals surface area (Å²) in [6.45, 7) is 3.71. The van der Waals surface area contributed by atoms with Gasteiger partial charge in [0, 0.05) is 30.4 Å². The fourth-order valence-corrected chi connectivity index (χ4v) is 5.49. The van der Waals surface area contributed by atoms with E-state index in [4.69, 9.17) is 26.3 Å². The standard InChI is InChI=1S/C31H30ClFN4O3/c32-23-7-4-20(26(33)17-23)5-8-24-2-1-3-27(34-24)21-10-13-36(14-11-21)19-30-35-28-9-6-22(31(38)39)16-29(28)37(30)18-25-12-15-40-25/h1-4,6-7,9-10,16-17,25H,5,8,11-15,18-19H2,(H,38,39)/t25-/m0/s1. The number of halogens is 2. The fourth-order valence-electron chi connectivity index (χ4n) is 5.33. The number of aromatic carboxylic acids is 1. The molecule has 2 aliphatic rings. The number of aromatic nitrogens is 3. The molecule has 206 valence electrons. The molecule has 1 atom stereocenters. The van der Waals surface area contributed by atoms with Crippen LogP contribution < -0.4 is 0 Å². The van der Waals surface area contributed by atoms with E-state index in [2.05, 4.69) is 15.5 Å². The molecule has 1 saturated heterocycles. The Kier molecular flexibility index (Phi) is 7.65. The lowest BCUT2D eigenvalue weighted by Crippen LogP contribution is -2.33. The maximum Gasteiger partial charge on any atom is 0.335 e. The van der Waals surface area contributed by atoms with Gasteiger partial charge in [0.2, 0.25) is 0 Å². The lowest BCUT2D eigenvalue weighted by atomic mass is 10.0. The van der Waals surface area contributed by atoms with Crippen LogP contribution in [0.1, 0.15) is 46.0 Å². The molecule has 1 N–H and O–H groups in total. The molecule has 40 heavy (non-hydrogen) atoms. The number of imidazole rings is 1. The molecule has 0 bridgehead atoms. The lowest BCUT2D eigenvalue weighted by molar-refractivity contribution is -0.0591. The number of carboxylic acids is 1. The van der Waals surface area contributed by atoms with Crippen molar-refractivity contribution in [3.8, 4) is 0 Å². The molecular weight excluding hydrogens is 531 g/mol. The van der Waals surface area contributed by atoms with Crippen molar-refractivity contribution in [2.75, 3.05) is 19.7 Å². The van der Waals surface area contributed by atoms with Crippen LogP contribution >= 0.6 is 11.6 Å². The van der Waals surface area contributed by atoms with Crippen molar-refractivity contribution in [2.45, 2.75) is 44.9 Å². The third kappa shape index (κ3) is 5.80. The zero-order chi connectivity index (χ0) is 27.6. The molecule has 4 heterocycles. The summed E-state index contributed by atoms with van der Waals surface area (Å²) >= 11 is 5.88. The third-order valence-electron chi connectivity index (χ3n) is 7.71. The van der Waals surface area contributed by atoms with Crippen LogP contribution in [-0.4, -0.2) is 56.3 Å². The van der Waals surface area contributed by atoms with Gasteiger partial charge in [0.15, 0.2) is 0 Å². The second-order valence-corrected chi connectivity index (χ2v) is 10.8. The lowest BCUT2D eigenvalue weighted by Gasteiger charge is -2.29. The Balaban J connectivity index is 1.15. The Labute approximate surface area is 236 Å². The normalized spacial score (nSPS) is 17.6. The first-order chi connectivity index (χ1) is 19.4. The molecule has 0 aliphatic carbocycles. The molecule has 9 heteroatoms. The van der Waals surface area contributed by atoms with E-state index in [0.717, 1.165) is 60.8 Å². The first kappa shape index (κ1) is 26.6. The monoisotopic (exact) mass is 560 g/mol. The number of rotatable bonds is 9. The summed E-state index contributed by atoms with van der Waals surface area (Å²) in [4.78, 5) is 23.6. The number of hydrogen-bond acceptors (Lipinski definition) is 5. The summed E-state index contributed by atoms with van der Waals surface area (Å²) in [6, 6.07) is 15.9. The number of aryl methyl sites for hydroxylation is 2. The van der Waals surface area contributed by atoms with Crippen LogP contribution in [0.5, 0.6) is 0 Å². The van der Waals surface area contributed by atoms with E-state index in [-0.39, 0.29) is 17.5 Å².